The number of hydrogen-bond acceptors (Lipinski definition) is 3. The van der Waals surface area contributed by atoms with Crippen LogP contribution in [0.1, 0.15) is 10.5 Å². The maximum atomic E-state index is 11.5. The van der Waals surface area contributed by atoms with Gasteiger partial charge in [0.2, 0.25) is 6.20 Å². The molecule has 5 heteroatoms. The molecule has 2 aromatic rings. The average Bonchev–Trinajstić information content (AvgIpc) is 2.46. The number of methoxy groups -OCH3 is 1. The molecule has 4 nitrogen and oxygen atoms in total. The molecule has 0 atom stereocenters. The largest absolute Gasteiger partial charge is 0.461 e. The van der Waals surface area contributed by atoms with Crippen molar-refractivity contribution < 1.29 is 19.1 Å². The molecule has 0 bridgehead atoms. The molecule has 0 spiro atoms. The molecule has 19 heavy (non-hydrogen) atoms. The quantitative estimate of drug-likeness (QED) is 0.638. The fourth-order valence-corrected chi connectivity index (χ4v) is 1.83. The second kappa shape index (κ2) is 5.71. The van der Waals surface area contributed by atoms with Crippen LogP contribution in [0.5, 0.6) is 0 Å². The Bertz CT molecular complexity index is 596. The van der Waals surface area contributed by atoms with Crippen LogP contribution < -0.4 is 9.57 Å². The first kappa shape index (κ1) is 13.4. The average molecular weight is 279 g/mol. The van der Waals surface area contributed by atoms with E-state index < -0.39 is 5.97 Å². The van der Waals surface area contributed by atoms with Crippen molar-refractivity contribution in [2.75, 3.05) is 14.2 Å². The van der Waals surface area contributed by atoms with E-state index in [1.54, 1.807) is 12.3 Å². The first-order chi connectivity index (χ1) is 9.15. The summed E-state index contributed by atoms with van der Waals surface area (Å²) in [5.41, 5.74) is 2.21. The number of benzene rings is 1. The molecule has 0 aliphatic rings. The van der Waals surface area contributed by atoms with Crippen molar-refractivity contribution in [2.45, 2.75) is 0 Å². The van der Waals surface area contributed by atoms with Gasteiger partial charge in [-0.05, 0) is 23.8 Å². The fourth-order valence-electron chi connectivity index (χ4n) is 1.71. The molecule has 0 saturated carbocycles. The van der Waals surface area contributed by atoms with E-state index in [1.165, 1.54) is 19.0 Å². The summed E-state index contributed by atoms with van der Waals surface area (Å²) in [6, 6.07) is 10.9. The van der Waals surface area contributed by atoms with Crippen LogP contribution in [0.4, 0.5) is 0 Å². The van der Waals surface area contributed by atoms with Gasteiger partial charge in [-0.2, -0.15) is 0 Å². The Morgan fingerprint density at radius 1 is 1.05 bits per heavy atom. The molecular formula is C14H13ClNO3+. The summed E-state index contributed by atoms with van der Waals surface area (Å²) in [5, 5.41) is 0.676. The molecule has 0 fully saturated rings. The third-order valence-corrected chi connectivity index (χ3v) is 2.94. The zero-order valence-electron chi connectivity index (χ0n) is 10.6. The van der Waals surface area contributed by atoms with Crippen molar-refractivity contribution in [1.29, 1.82) is 0 Å². The molecule has 0 aliphatic carbocycles. The molecule has 1 aromatic heterocycles. The van der Waals surface area contributed by atoms with Gasteiger partial charge >= 0.3 is 11.7 Å². The van der Waals surface area contributed by atoms with E-state index in [9.17, 15) is 4.79 Å². The highest BCUT2D eigenvalue weighted by Crippen LogP contribution is 2.20. The summed E-state index contributed by atoms with van der Waals surface area (Å²) < 4.78 is 6.05. The number of halogens is 1. The Balaban J connectivity index is 2.44. The summed E-state index contributed by atoms with van der Waals surface area (Å²) in [6.07, 6.45) is 1.72. The smallest absolute Gasteiger partial charge is 0.408 e. The number of hydrogen-bond donors (Lipinski definition) is 0. The minimum Gasteiger partial charge on any atom is -0.461 e. The Morgan fingerprint density at radius 2 is 1.68 bits per heavy atom. The van der Waals surface area contributed by atoms with Gasteiger partial charge in [0.1, 0.15) is 7.11 Å². The summed E-state index contributed by atoms with van der Waals surface area (Å²) in [5.74, 6) is -0.454. The molecule has 1 heterocycles. The highest BCUT2D eigenvalue weighted by Gasteiger charge is 2.22. The lowest BCUT2D eigenvalue weighted by molar-refractivity contribution is -0.886. The van der Waals surface area contributed by atoms with Gasteiger partial charge in [0, 0.05) is 15.8 Å². The highest BCUT2D eigenvalue weighted by atomic mass is 35.5. The Hall–Kier alpha value is -2.07. The summed E-state index contributed by atoms with van der Waals surface area (Å²) >= 11 is 5.85. The van der Waals surface area contributed by atoms with Crippen LogP contribution in [0.15, 0.2) is 42.6 Å². The number of carbonyl (C=O) groups excluding carboxylic acids is 1. The van der Waals surface area contributed by atoms with E-state index in [2.05, 4.69) is 4.74 Å². The second-order valence-corrected chi connectivity index (χ2v) is 4.25. The van der Waals surface area contributed by atoms with Crippen LogP contribution in [0.25, 0.3) is 11.1 Å². The van der Waals surface area contributed by atoms with E-state index in [0.29, 0.717) is 10.7 Å². The lowest BCUT2D eigenvalue weighted by Gasteiger charge is -2.03. The van der Waals surface area contributed by atoms with E-state index in [-0.39, 0.29) is 0 Å². The van der Waals surface area contributed by atoms with Crippen LogP contribution in [0, 0.1) is 0 Å². The van der Waals surface area contributed by atoms with Gasteiger partial charge in [-0.1, -0.05) is 23.7 Å². The van der Waals surface area contributed by atoms with E-state index >= 15 is 0 Å². The van der Waals surface area contributed by atoms with Crippen molar-refractivity contribution in [3.8, 4) is 11.1 Å². The van der Waals surface area contributed by atoms with Gasteiger partial charge in [0.05, 0.1) is 12.7 Å². The Morgan fingerprint density at radius 3 is 2.26 bits per heavy atom. The third-order valence-electron chi connectivity index (χ3n) is 2.68. The molecule has 0 saturated heterocycles. The lowest BCUT2D eigenvalue weighted by Crippen LogP contribution is -2.46. The SMILES string of the molecule is COC(=O)c1ccc(-c2ccc(Cl)cc2)c[n+]1OC. The van der Waals surface area contributed by atoms with E-state index in [1.807, 2.05) is 30.3 Å². The zero-order chi connectivity index (χ0) is 13.8. The van der Waals surface area contributed by atoms with Gasteiger partial charge in [-0.15, -0.1) is 0 Å². The predicted molar refractivity (Wildman–Crippen MR) is 70.9 cm³/mol. The summed E-state index contributed by atoms with van der Waals surface area (Å²) in [4.78, 5) is 16.7. The maximum Gasteiger partial charge on any atom is 0.408 e. The van der Waals surface area contributed by atoms with Crippen LogP contribution in [-0.2, 0) is 4.74 Å². The van der Waals surface area contributed by atoms with Crippen LogP contribution in [0.2, 0.25) is 5.02 Å². The van der Waals surface area contributed by atoms with E-state index in [4.69, 9.17) is 16.4 Å². The zero-order valence-corrected chi connectivity index (χ0v) is 11.3. The lowest BCUT2D eigenvalue weighted by atomic mass is 10.1. The topological polar surface area (TPSA) is 39.4 Å². The van der Waals surface area contributed by atoms with Gasteiger partial charge in [-0.25, -0.2) is 4.79 Å². The van der Waals surface area contributed by atoms with Crippen molar-refractivity contribution in [3.63, 3.8) is 0 Å². The highest BCUT2D eigenvalue weighted by molar-refractivity contribution is 6.30. The molecule has 0 aliphatic heterocycles. The standard InChI is InChI=1S/C14H13ClNO3/c1-18-14(17)13-8-5-11(9-16(13)19-2)10-3-6-12(15)7-4-10/h3-9H,1-2H3/q+1. The van der Waals surface area contributed by atoms with Crippen LogP contribution in [-0.4, -0.2) is 20.2 Å². The van der Waals surface area contributed by atoms with Crippen LogP contribution in [0.3, 0.4) is 0 Å². The van der Waals surface area contributed by atoms with Gasteiger partial charge in [0.15, 0.2) is 0 Å². The predicted octanol–water partition coefficient (Wildman–Crippen LogP) is 2.14. The fraction of sp³-hybridized carbons (Fsp3) is 0.143. The number of aromatic nitrogens is 1. The minimum atomic E-state index is -0.454. The summed E-state index contributed by atoms with van der Waals surface area (Å²) in [6.45, 7) is 0. The molecule has 2 rings (SSSR count). The number of esters is 1. The van der Waals surface area contributed by atoms with Crippen molar-refractivity contribution in [1.82, 2.24) is 0 Å². The normalized spacial score (nSPS) is 10.1. The van der Waals surface area contributed by atoms with Gasteiger partial charge < -0.3 is 4.74 Å². The molecule has 0 radical (unpaired) electrons. The van der Waals surface area contributed by atoms with Crippen molar-refractivity contribution in [3.05, 3.63) is 53.3 Å². The van der Waals surface area contributed by atoms with Crippen molar-refractivity contribution in [2.24, 2.45) is 0 Å². The number of rotatable bonds is 3. The van der Waals surface area contributed by atoms with Crippen molar-refractivity contribution >= 4 is 17.6 Å². The monoisotopic (exact) mass is 278 g/mol. The maximum absolute atomic E-state index is 11.5. The second-order valence-electron chi connectivity index (χ2n) is 3.81. The Kier molecular flexibility index (Phi) is 4.02. The molecule has 0 unspecified atom stereocenters. The molecule has 0 N–H and O–H groups in total. The number of pyridine rings is 1. The molecule has 1 aromatic carbocycles. The van der Waals surface area contributed by atoms with Crippen LogP contribution >= 0.6 is 11.6 Å². The molecular weight excluding hydrogens is 266 g/mol. The van der Waals surface area contributed by atoms with E-state index in [0.717, 1.165) is 11.1 Å². The Labute approximate surface area is 116 Å². The summed E-state index contributed by atoms with van der Waals surface area (Å²) in [7, 11) is 2.81. The van der Waals surface area contributed by atoms with Gasteiger partial charge in [-0.3, -0.25) is 4.84 Å². The molecule has 98 valence electrons. The number of nitrogens with zero attached hydrogens (tertiary/aromatic N) is 1. The first-order valence-electron chi connectivity index (χ1n) is 5.60. The number of ether oxygens (including phenoxy) is 1. The molecule has 0 amide bonds. The first-order valence-corrected chi connectivity index (χ1v) is 5.98. The third kappa shape index (κ3) is 2.85. The number of carbonyl (C=O) groups is 1. The van der Waals surface area contributed by atoms with Gasteiger partial charge in [0.25, 0.3) is 0 Å². The minimum absolute atomic E-state index is 0.322.